The first-order valence-electron chi connectivity index (χ1n) is 7.18. The van der Waals surface area contributed by atoms with Crippen LogP contribution in [0.2, 0.25) is 0 Å². The summed E-state index contributed by atoms with van der Waals surface area (Å²) in [6.45, 7) is -1.98. The van der Waals surface area contributed by atoms with Crippen LogP contribution in [0.4, 0.5) is 5.95 Å². The van der Waals surface area contributed by atoms with Crippen LogP contribution in [0.15, 0.2) is 11.1 Å². The Hall–Kier alpha value is -1.69. The number of hydrogen-bond donors (Lipinski definition) is 3. The Morgan fingerprint density at radius 1 is 1.56 bits per heavy atom. The predicted octanol–water partition coefficient (Wildman–Crippen LogP) is -0.316. The van der Waals surface area contributed by atoms with E-state index in [1.165, 1.54) is 18.0 Å². The Labute approximate surface area is 146 Å². The molecule has 3 heterocycles. The van der Waals surface area contributed by atoms with E-state index in [4.69, 9.17) is 26.8 Å². The van der Waals surface area contributed by atoms with Crippen molar-refractivity contribution in [1.82, 2.24) is 19.5 Å². The fourth-order valence-corrected chi connectivity index (χ4v) is 3.17. The number of aromatic nitrogens is 4. The summed E-state index contributed by atoms with van der Waals surface area (Å²) in [6.07, 6.45) is -0.337. The van der Waals surface area contributed by atoms with Crippen molar-refractivity contribution in [2.45, 2.75) is 19.3 Å². The number of anilines is 1. The number of fused-ring (bicyclic) bond motifs is 1. The number of imidazole rings is 1. The number of nitrogens with two attached hydrogens (primary N) is 1. The van der Waals surface area contributed by atoms with Crippen LogP contribution in [0.1, 0.15) is 13.2 Å². The van der Waals surface area contributed by atoms with Gasteiger partial charge < -0.3 is 24.4 Å². The van der Waals surface area contributed by atoms with Crippen molar-refractivity contribution < 1.29 is 23.5 Å². The number of nitrogens with zero attached hydrogens (tertiary/aromatic N) is 3. The lowest BCUT2D eigenvalue weighted by Crippen LogP contribution is -2.23. The second kappa shape index (κ2) is 6.56. The van der Waals surface area contributed by atoms with Gasteiger partial charge >= 0.3 is 6.72 Å². The number of ether oxygens (including phenoxy) is 1. The van der Waals surface area contributed by atoms with Crippen molar-refractivity contribution in [2.75, 3.05) is 19.5 Å². The van der Waals surface area contributed by atoms with E-state index in [1.54, 1.807) is 6.92 Å². The molecule has 1 aliphatic heterocycles. The van der Waals surface area contributed by atoms with Gasteiger partial charge in [0.2, 0.25) is 5.95 Å². The highest BCUT2D eigenvalue weighted by Crippen LogP contribution is 2.43. The van der Waals surface area contributed by atoms with E-state index in [1.807, 2.05) is 0 Å². The third-order valence-electron chi connectivity index (χ3n) is 3.84. The van der Waals surface area contributed by atoms with Crippen molar-refractivity contribution in [1.29, 1.82) is 0 Å². The van der Waals surface area contributed by atoms with Crippen LogP contribution in [-0.4, -0.2) is 50.0 Å². The van der Waals surface area contributed by atoms with E-state index in [0.29, 0.717) is 0 Å². The van der Waals surface area contributed by atoms with Crippen molar-refractivity contribution in [3.63, 3.8) is 0 Å². The molecule has 136 valence electrons. The van der Waals surface area contributed by atoms with Crippen LogP contribution >= 0.6 is 6.72 Å². The molecule has 1 aliphatic rings. The van der Waals surface area contributed by atoms with Crippen molar-refractivity contribution in [2.24, 2.45) is 5.92 Å². The summed E-state index contributed by atoms with van der Waals surface area (Å²) in [5.74, 6) is -0.875. The summed E-state index contributed by atoms with van der Waals surface area (Å²) in [7, 11) is 1.22. The molecule has 4 N–H and O–H groups in total. The van der Waals surface area contributed by atoms with Gasteiger partial charge in [0.15, 0.2) is 16.9 Å². The Kier molecular flexibility index (Phi) is 4.75. The van der Waals surface area contributed by atoms with E-state index >= 15 is 0 Å². The van der Waals surface area contributed by atoms with Crippen molar-refractivity contribution >= 4 is 41.4 Å². The van der Waals surface area contributed by atoms with Gasteiger partial charge in [-0.05, 0) is 11.8 Å². The fourth-order valence-electron chi connectivity index (χ4n) is 2.56. The summed E-state index contributed by atoms with van der Waals surface area (Å²) < 4.78 is 16.9. The predicted molar refractivity (Wildman–Crippen MR) is 90.1 cm³/mol. The molecule has 13 heteroatoms. The van der Waals surface area contributed by atoms with Crippen LogP contribution in [0, 0.1) is 5.92 Å². The van der Waals surface area contributed by atoms with E-state index in [9.17, 15) is 14.5 Å². The fraction of sp³-hybridized carbons (Fsp3) is 0.500. The highest BCUT2D eigenvalue weighted by Gasteiger charge is 2.43. The Morgan fingerprint density at radius 2 is 2.28 bits per heavy atom. The first-order chi connectivity index (χ1) is 11.7. The first kappa shape index (κ1) is 18.1. The summed E-state index contributed by atoms with van der Waals surface area (Å²) >= 11 is 4.73. The van der Waals surface area contributed by atoms with Crippen LogP contribution in [0.5, 0.6) is 0 Å². The molecule has 2 unspecified atom stereocenters. The molecule has 0 aliphatic carbocycles. The lowest BCUT2D eigenvalue weighted by molar-refractivity contribution is -0.125. The van der Waals surface area contributed by atoms with Gasteiger partial charge in [-0.3, -0.25) is 19.1 Å². The average molecular weight is 389 g/mol. The number of nitrogens with one attached hydrogen (secondary N) is 1. The molecule has 3 rings (SSSR count). The second-order valence-electron chi connectivity index (χ2n) is 5.43. The summed E-state index contributed by atoms with van der Waals surface area (Å²) in [5, 5.41) is 0. The number of Topliss-reactive ketones (excluding diaryl/α,β-unsaturated/α-hetero) is 1. The molecule has 2 aromatic rings. The van der Waals surface area contributed by atoms with Gasteiger partial charge in [0.25, 0.3) is 5.56 Å². The first-order valence-corrected chi connectivity index (χ1v) is 9.77. The minimum atomic E-state index is -3.40. The van der Waals surface area contributed by atoms with Crippen LogP contribution < -0.4 is 11.3 Å². The highest BCUT2D eigenvalue weighted by molar-refractivity contribution is 8.07. The minimum absolute atomic E-state index is 0.0721. The van der Waals surface area contributed by atoms with Gasteiger partial charge in [0, 0.05) is 7.11 Å². The molecule has 1 saturated heterocycles. The smallest absolute Gasteiger partial charge is 0.324 e. The van der Waals surface area contributed by atoms with Gasteiger partial charge in [0.05, 0.1) is 18.9 Å². The third kappa shape index (κ3) is 3.36. The number of carbonyl (C=O) groups excluding carboxylic acids is 1. The number of rotatable bonds is 5. The van der Waals surface area contributed by atoms with Crippen molar-refractivity contribution in [3.8, 4) is 0 Å². The highest BCUT2D eigenvalue weighted by atomic mass is 32.5. The zero-order valence-corrected chi connectivity index (χ0v) is 15.0. The maximum Gasteiger partial charge on any atom is 0.324 e. The average Bonchev–Trinajstić information content (AvgIpc) is 3.08. The number of carbonyl (C=O) groups is 1. The van der Waals surface area contributed by atoms with Gasteiger partial charge in [-0.2, -0.15) is 4.98 Å². The molecule has 1 fully saturated rings. The Balaban J connectivity index is 1.88. The number of hydrogen-bond acceptors (Lipinski definition) is 9. The number of nitrogen functional groups attached to an aromatic ring is 1. The standard InChI is InChI=1S/C12H16N5O6PS/c1-5-8(18)6(3-22-24(20,25)21-2)23-11(5)17-4-14-7-9(17)15-12(13)16-10(7)19/h4-6,11H,3H2,1-2H3,(H,20,25)(H3,13,15,16,19)/t5?,6-,11-,24?/m1/s1. The molecular formula is C12H16N5O6PS. The van der Waals surface area contributed by atoms with E-state index < -0.39 is 30.5 Å². The molecule has 0 spiro atoms. The minimum Gasteiger partial charge on any atom is -0.369 e. The number of aromatic amines is 1. The molecule has 0 amide bonds. The van der Waals surface area contributed by atoms with Crippen molar-refractivity contribution in [3.05, 3.63) is 16.7 Å². The van der Waals surface area contributed by atoms with Gasteiger partial charge in [0.1, 0.15) is 12.3 Å². The maximum atomic E-state index is 12.4. The summed E-state index contributed by atoms with van der Waals surface area (Å²) in [6, 6.07) is 0. The third-order valence-corrected chi connectivity index (χ3v) is 5.54. The molecule has 0 saturated carbocycles. The molecule has 0 bridgehead atoms. The molecule has 0 aromatic carbocycles. The molecule has 2 aromatic heterocycles. The normalized spacial score (nSPS) is 26.2. The lowest BCUT2D eigenvalue weighted by Gasteiger charge is -2.17. The molecule has 0 radical (unpaired) electrons. The topological polar surface area (TPSA) is 155 Å². The summed E-state index contributed by atoms with van der Waals surface area (Å²) in [4.78, 5) is 44.3. The van der Waals surface area contributed by atoms with Gasteiger partial charge in [-0.15, -0.1) is 0 Å². The van der Waals surface area contributed by atoms with Crippen LogP contribution in [-0.2, 0) is 30.4 Å². The monoisotopic (exact) mass is 389 g/mol. The molecule has 4 atom stereocenters. The molecule has 11 nitrogen and oxygen atoms in total. The van der Waals surface area contributed by atoms with Gasteiger partial charge in [-0.25, -0.2) is 4.98 Å². The van der Waals surface area contributed by atoms with E-state index in [2.05, 4.69) is 19.5 Å². The van der Waals surface area contributed by atoms with E-state index in [-0.39, 0.29) is 29.5 Å². The largest absolute Gasteiger partial charge is 0.369 e. The van der Waals surface area contributed by atoms with Gasteiger partial charge in [-0.1, -0.05) is 6.92 Å². The quantitative estimate of drug-likeness (QED) is 0.580. The second-order valence-corrected chi connectivity index (χ2v) is 8.37. The van der Waals surface area contributed by atoms with Crippen LogP contribution in [0.3, 0.4) is 0 Å². The molecule has 25 heavy (non-hydrogen) atoms. The zero-order valence-electron chi connectivity index (χ0n) is 13.3. The SMILES string of the molecule is COP(O)(=S)OC[C@H]1O[C@@H](n2cnc3c(=O)[nH]c(N)nc32)C(C)C1=O. The Bertz CT molecular complexity index is 928. The van der Waals surface area contributed by atoms with Crippen LogP contribution in [0.25, 0.3) is 11.2 Å². The number of H-pyrrole nitrogens is 1. The number of ketones is 1. The van der Waals surface area contributed by atoms with E-state index in [0.717, 1.165) is 0 Å². The Morgan fingerprint density at radius 3 is 2.96 bits per heavy atom. The molecular weight excluding hydrogens is 373 g/mol. The zero-order chi connectivity index (χ0) is 18.4. The maximum absolute atomic E-state index is 12.4. The summed E-state index contributed by atoms with van der Waals surface area (Å²) in [5.41, 5.74) is 5.37. The lowest BCUT2D eigenvalue weighted by atomic mass is 10.0.